The van der Waals surface area contributed by atoms with Crippen LogP contribution in [0.25, 0.3) is 0 Å². The van der Waals surface area contributed by atoms with E-state index < -0.39 is 11.5 Å². The van der Waals surface area contributed by atoms with Gasteiger partial charge in [0, 0.05) is 5.92 Å². The van der Waals surface area contributed by atoms with Crippen molar-refractivity contribution in [3.8, 4) is 0 Å². The minimum atomic E-state index is -1.55. The monoisotopic (exact) mass is 222 g/mol. The highest BCUT2D eigenvalue weighted by Gasteiger charge is 2.50. The average molecular weight is 222 g/mol. The minimum Gasteiger partial charge on any atom is -0.384 e. The molecule has 1 aromatic carbocycles. The molecule has 1 saturated carbocycles. The molecule has 1 fully saturated rings. The molecular weight excluding hydrogens is 210 g/mol. The first-order chi connectivity index (χ1) is 7.63. The Labute approximate surface area is 92.2 Å². The van der Waals surface area contributed by atoms with Gasteiger partial charge in [-0.2, -0.15) is 0 Å². The normalized spacial score (nSPS) is 31.9. The van der Waals surface area contributed by atoms with Crippen molar-refractivity contribution in [1.29, 1.82) is 0 Å². The molecule has 1 heterocycles. The van der Waals surface area contributed by atoms with Crippen LogP contribution in [0.1, 0.15) is 30.7 Å². The number of halogens is 2. The van der Waals surface area contributed by atoms with Crippen molar-refractivity contribution in [2.45, 2.75) is 30.8 Å². The van der Waals surface area contributed by atoms with Crippen molar-refractivity contribution in [2.75, 3.05) is 0 Å². The smallest absolute Gasteiger partial charge is 0.174 e. The van der Waals surface area contributed by atoms with Gasteiger partial charge in [-0.1, -0.05) is 12.1 Å². The molecule has 2 unspecified atom stereocenters. The molecule has 4 heteroatoms. The summed E-state index contributed by atoms with van der Waals surface area (Å²) in [6.07, 6.45) is 1.87. The van der Waals surface area contributed by atoms with E-state index in [4.69, 9.17) is 5.73 Å². The number of aliphatic imine (C=N–C) groups is 1. The lowest BCUT2D eigenvalue weighted by Gasteiger charge is -2.31. The Hall–Kier alpha value is -1.45. The second-order valence-electron chi connectivity index (χ2n) is 4.48. The van der Waals surface area contributed by atoms with Crippen molar-refractivity contribution in [3.05, 3.63) is 29.6 Å². The van der Waals surface area contributed by atoms with Crippen molar-refractivity contribution in [3.63, 3.8) is 0 Å². The average Bonchev–Trinajstić information content (AvgIpc) is 2.64. The van der Waals surface area contributed by atoms with Crippen LogP contribution in [0.2, 0.25) is 0 Å². The lowest BCUT2D eigenvalue weighted by atomic mass is 9.82. The number of nitrogens with two attached hydrogens (primary N) is 1. The quantitative estimate of drug-likeness (QED) is 0.720. The van der Waals surface area contributed by atoms with Crippen LogP contribution in [0.5, 0.6) is 0 Å². The maximum absolute atomic E-state index is 14.6. The first-order valence-corrected chi connectivity index (χ1v) is 5.45. The molecule has 0 aromatic heterocycles. The third-order valence-electron chi connectivity index (χ3n) is 3.64. The summed E-state index contributed by atoms with van der Waals surface area (Å²) < 4.78 is 28.1. The summed E-state index contributed by atoms with van der Waals surface area (Å²) >= 11 is 0. The van der Waals surface area contributed by atoms with Gasteiger partial charge in [0.1, 0.15) is 17.3 Å². The van der Waals surface area contributed by atoms with E-state index in [9.17, 15) is 8.78 Å². The fraction of sp³-hybridized carbons (Fsp3) is 0.417. The van der Waals surface area contributed by atoms with Gasteiger partial charge >= 0.3 is 0 Å². The Kier molecular flexibility index (Phi) is 1.85. The molecule has 1 aromatic rings. The Morgan fingerprint density at radius 1 is 1.44 bits per heavy atom. The van der Waals surface area contributed by atoms with Crippen molar-refractivity contribution < 1.29 is 8.78 Å². The molecule has 3 rings (SSSR count). The number of nitrogens with zero attached hydrogens (tertiary/aromatic N) is 1. The van der Waals surface area contributed by atoms with Gasteiger partial charge in [-0.3, -0.25) is 0 Å². The first-order valence-electron chi connectivity index (χ1n) is 5.45. The zero-order chi connectivity index (χ0) is 11.3. The van der Waals surface area contributed by atoms with E-state index in [2.05, 4.69) is 4.99 Å². The summed E-state index contributed by atoms with van der Waals surface area (Å²) in [6, 6.07) is 4.68. The van der Waals surface area contributed by atoms with Crippen LogP contribution in [0, 0.1) is 5.82 Å². The highest BCUT2D eigenvalue weighted by atomic mass is 19.1. The van der Waals surface area contributed by atoms with Crippen LogP contribution in [-0.4, -0.2) is 11.5 Å². The molecule has 0 radical (unpaired) electrons. The molecule has 0 amide bonds. The molecular formula is C12H12F2N2. The largest absolute Gasteiger partial charge is 0.384 e. The number of benzene rings is 1. The van der Waals surface area contributed by atoms with Gasteiger partial charge in [-0.05, 0) is 30.9 Å². The number of fused-ring (bicyclic) bond motifs is 3. The highest BCUT2D eigenvalue weighted by Crippen LogP contribution is 2.51. The van der Waals surface area contributed by atoms with Crippen LogP contribution >= 0.6 is 0 Å². The van der Waals surface area contributed by atoms with Crippen molar-refractivity contribution >= 4 is 11.5 Å². The third kappa shape index (κ3) is 1.07. The Bertz CT molecular complexity index is 484. The predicted octanol–water partition coefficient (Wildman–Crippen LogP) is 2.80. The number of amidine groups is 1. The Morgan fingerprint density at radius 3 is 3.06 bits per heavy atom. The zero-order valence-corrected chi connectivity index (χ0v) is 8.71. The van der Waals surface area contributed by atoms with Gasteiger partial charge < -0.3 is 5.73 Å². The molecule has 1 aliphatic carbocycles. The van der Waals surface area contributed by atoms with Gasteiger partial charge in [0.05, 0.1) is 0 Å². The van der Waals surface area contributed by atoms with Gasteiger partial charge in [0.2, 0.25) is 0 Å². The zero-order valence-electron chi connectivity index (χ0n) is 8.71. The standard InChI is InChI=1S/C12H12F2N2/c13-9-5-1-3-7-8-4-2-6-12(8,14)11(15)16-10(7)9/h1,3,5,8H,2,4,6H2,(H2,15,16). The fourth-order valence-corrected chi connectivity index (χ4v) is 2.82. The SMILES string of the molecule is NC1=Nc2c(F)cccc2C2CCCC12F. The van der Waals surface area contributed by atoms with E-state index in [0.717, 1.165) is 6.42 Å². The lowest BCUT2D eigenvalue weighted by Crippen LogP contribution is -2.43. The molecule has 16 heavy (non-hydrogen) atoms. The molecule has 2 atom stereocenters. The van der Waals surface area contributed by atoms with Gasteiger partial charge in [-0.15, -0.1) is 0 Å². The summed E-state index contributed by atoms with van der Waals surface area (Å²) in [5.74, 6) is -0.808. The van der Waals surface area contributed by atoms with Crippen LogP contribution in [0.3, 0.4) is 0 Å². The Balaban J connectivity index is 2.25. The van der Waals surface area contributed by atoms with Crippen molar-refractivity contribution in [2.24, 2.45) is 10.7 Å². The molecule has 0 spiro atoms. The minimum absolute atomic E-state index is 0.0624. The van der Waals surface area contributed by atoms with E-state index in [1.807, 2.05) is 0 Å². The van der Waals surface area contributed by atoms with E-state index in [0.29, 0.717) is 18.4 Å². The van der Waals surface area contributed by atoms with E-state index in [1.165, 1.54) is 6.07 Å². The molecule has 0 bridgehead atoms. The number of para-hydroxylation sites is 1. The molecule has 0 saturated heterocycles. The van der Waals surface area contributed by atoms with Crippen molar-refractivity contribution in [1.82, 2.24) is 0 Å². The van der Waals surface area contributed by atoms with Gasteiger partial charge in [0.15, 0.2) is 5.67 Å². The summed E-state index contributed by atoms with van der Waals surface area (Å²) in [4.78, 5) is 3.90. The molecule has 84 valence electrons. The van der Waals surface area contributed by atoms with E-state index >= 15 is 0 Å². The number of hydrogen-bond donors (Lipinski definition) is 1. The lowest BCUT2D eigenvalue weighted by molar-refractivity contribution is 0.232. The predicted molar refractivity (Wildman–Crippen MR) is 58.1 cm³/mol. The summed E-state index contributed by atoms with van der Waals surface area (Å²) in [5, 5.41) is 0. The molecule has 2 nitrogen and oxygen atoms in total. The van der Waals surface area contributed by atoms with Crippen LogP contribution in [0.4, 0.5) is 14.5 Å². The molecule has 1 aliphatic heterocycles. The van der Waals surface area contributed by atoms with E-state index in [1.54, 1.807) is 12.1 Å². The number of rotatable bonds is 0. The summed E-state index contributed by atoms with van der Waals surface area (Å²) in [6.45, 7) is 0. The molecule has 2 aliphatic rings. The second-order valence-corrected chi connectivity index (χ2v) is 4.48. The maximum Gasteiger partial charge on any atom is 0.174 e. The molecule has 2 N–H and O–H groups in total. The first kappa shape index (κ1) is 9.75. The second kappa shape index (κ2) is 3.03. The number of alkyl halides is 1. The van der Waals surface area contributed by atoms with Crippen LogP contribution < -0.4 is 5.73 Å². The van der Waals surface area contributed by atoms with Gasteiger partial charge in [-0.25, -0.2) is 13.8 Å². The highest BCUT2D eigenvalue weighted by molar-refractivity contribution is 5.95. The van der Waals surface area contributed by atoms with Crippen LogP contribution in [0.15, 0.2) is 23.2 Å². The van der Waals surface area contributed by atoms with Crippen LogP contribution in [-0.2, 0) is 0 Å². The maximum atomic E-state index is 14.6. The van der Waals surface area contributed by atoms with E-state index in [-0.39, 0.29) is 17.4 Å². The third-order valence-corrected chi connectivity index (χ3v) is 3.64. The fourth-order valence-electron chi connectivity index (χ4n) is 2.82. The summed E-state index contributed by atoms with van der Waals surface area (Å²) in [5.41, 5.74) is 4.98. The van der Waals surface area contributed by atoms with Gasteiger partial charge in [0.25, 0.3) is 0 Å². The number of hydrogen-bond acceptors (Lipinski definition) is 2. The summed E-state index contributed by atoms with van der Waals surface area (Å²) in [7, 11) is 0. The Morgan fingerprint density at radius 2 is 2.25 bits per heavy atom. The topological polar surface area (TPSA) is 38.4 Å².